The van der Waals surface area contributed by atoms with E-state index in [9.17, 15) is 4.79 Å². The average Bonchev–Trinajstić information content (AvgIpc) is 2.67. The molecule has 2 aromatic rings. The summed E-state index contributed by atoms with van der Waals surface area (Å²) in [5.41, 5.74) is 2.24. The number of carbonyl (C=O) groups is 1. The zero-order valence-corrected chi connectivity index (χ0v) is 13.8. The fourth-order valence-corrected chi connectivity index (χ4v) is 2.76. The van der Waals surface area contributed by atoms with E-state index >= 15 is 0 Å². The predicted molar refractivity (Wildman–Crippen MR) is 80.3 cm³/mol. The van der Waals surface area contributed by atoms with Gasteiger partial charge < -0.3 is 0 Å². The maximum atomic E-state index is 12.3. The number of aryl methyl sites for hydroxylation is 2. The Morgan fingerprint density at radius 2 is 2.16 bits per heavy atom. The van der Waals surface area contributed by atoms with Crippen LogP contribution in [0.3, 0.4) is 0 Å². The fourth-order valence-electron chi connectivity index (χ4n) is 1.86. The van der Waals surface area contributed by atoms with Crippen LogP contribution in [0.5, 0.6) is 0 Å². The zero-order valence-electron chi connectivity index (χ0n) is 10.7. The lowest BCUT2D eigenvalue weighted by atomic mass is 10.1. The number of ketones is 1. The number of pyridine rings is 1. The highest BCUT2D eigenvalue weighted by Gasteiger charge is 2.18. The number of aromatic nitrogens is 3. The van der Waals surface area contributed by atoms with Gasteiger partial charge in [0.05, 0.1) is 22.3 Å². The summed E-state index contributed by atoms with van der Waals surface area (Å²) in [6.07, 6.45) is 1.90. The number of carbonyl (C=O) groups excluding carboxylic acids is 1. The van der Waals surface area contributed by atoms with E-state index in [0.29, 0.717) is 5.69 Å². The molecule has 0 spiro atoms. The first-order valence-corrected chi connectivity index (χ1v) is 7.48. The summed E-state index contributed by atoms with van der Waals surface area (Å²) in [5, 5.41) is 4.38. The molecule has 0 saturated carbocycles. The van der Waals surface area contributed by atoms with Gasteiger partial charge in [0.15, 0.2) is 5.78 Å². The highest BCUT2D eigenvalue weighted by atomic mass is 79.9. The molecule has 0 saturated heterocycles. The van der Waals surface area contributed by atoms with E-state index in [0.717, 1.165) is 26.9 Å². The molecular formula is C13H13Br2N3O. The predicted octanol–water partition coefficient (Wildman–Crippen LogP) is 3.56. The van der Waals surface area contributed by atoms with Gasteiger partial charge in [-0.25, -0.2) is 0 Å². The summed E-state index contributed by atoms with van der Waals surface area (Å²) in [7, 11) is 0. The van der Waals surface area contributed by atoms with Crippen LogP contribution in [0.2, 0.25) is 0 Å². The van der Waals surface area contributed by atoms with Gasteiger partial charge in [-0.2, -0.15) is 5.10 Å². The van der Waals surface area contributed by atoms with Crippen LogP contribution >= 0.6 is 31.9 Å². The van der Waals surface area contributed by atoms with Gasteiger partial charge in [-0.3, -0.25) is 14.5 Å². The standard InChI is InChI=1S/C13H13Br2N3O/c1-3-18-10(12(15)8(2)17-18)7-11(19)13-9(14)5-4-6-16-13/h4-6H,3,7H2,1-2H3. The number of halogens is 2. The summed E-state index contributed by atoms with van der Waals surface area (Å²) in [4.78, 5) is 16.4. The molecule has 0 N–H and O–H groups in total. The minimum absolute atomic E-state index is 0.0252. The molecule has 0 aliphatic rings. The molecule has 0 aliphatic carbocycles. The first-order chi connectivity index (χ1) is 9.04. The second kappa shape index (κ2) is 5.96. The van der Waals surface area contributed by atoms with Crippen molar-refractivity contribution in [3.8, 4) is 0 Å². The number of hydrogen-bond donors (Lipinski definition) is 0. The molecule has 0 radical (unpaired) electrons. The normalized spacial score (nSPS) is 10.7. The third kappa shape index (κ3) is 2.95. The Morgan fingerprint density at radius 3 is 2.79 bits per heavy atom. The van der Waals surface area contributed by atoms with Crippen LogP contribution in [0.1, 0.15) is 28.8 Å². The lowest BCUT2D eigenvalue weighted by Gasteiger charge is -2.05. The third-order valence-corrected chi connectivity index (χ3v) is 4.47. The van der Waals surface area contributed by atoms with Crippen LogP contribution in [-0.2, 0) is 13.0 Å². The van der Waals surface area contributed by atoms with E-state index in [-0.39, 0.29) is 12.2 Å². The van der Waals surface area contributed by atoms with Gasteiger partial charge in [-0.1, -0.05) is 0 Å². The molecule has 2 rings (SSSR count). The van der Waals surface area contributed by atoms with Crippen LogP contribution in [0.15, 0.2) is 27.3 Å². The SMILES string of the molecule is CCn1nc(C)c(Br)c1CC(=O)c1ncccc1Br. The second-order valence-electron chi connectivity index (χ2n) is 4.10. The Bertz CT molecular complexity index is 622. The molecule has 2 aromatic heterocycles. The van der Waals surface area contributed by atoms with Crippen molar-refractivity contribution >= 4 is 37.6 Å². The zero-order chi connectivity index (χ0) is 14.0. The number of nitrogens with zero attached hydrogens (tertiary/aromatic N) is 3. The molecule has 0 fully saturated rings. The average molecular weight is 387 g/mol. The molecule has 2 heterocycles. The van der Waals surface area contributed by atoms with E-state index in [4.69, 9.17) is 0 Å². The summed E-state index contributed by atoms with van der Waals surface area (Å²) in [6, 6.07) is 3.61. The number of Topliss-reactive ketones (excluding diaryl/α,β-unsaturated/α-hetero) is 1. The van der Waals surface area contributed by atoms with Crippen molar-refractivity contribution < 1.29 is 4.79 Å². The van der Waals surface area contributed by atoms with Crippen LogP contribution < -0.4 is 0 Å². The van der Waals surface area contributed by atoms with Gasteiger partial charge in [0, 0.05) is 17.2 Å². The van der Waals surface area contributed by atoms with Crippen molar-refractivity contribution in [1.29, 1.82) is 0 Å². The summed E-state index contributed by atoms with van der Waals surface area (Å²) in [6.45, 7) is 4.66. The van der Waals surface area contributed by atoms with Crippen molar-refractivity contribution in [3.05, 3.63) is 44.4 Å². The van der Waals surface area contributed by atoms with Gasteiger partial charge in [-0.05, 0) is 57.8 Å². The van der Waals surface area contributed by atoms with Crippen LogP contribution in [-0.4, -0.2) is 20.5 Å². The van der Waals surface area contributed by atoms with Gasteiger partial charge in [-0.15, -0.1) is 0 Å². The van der Waals surface area contributed by atoms with E-state index in [1.165, 1.54) is 0 Å². The van der Waals surface area contributed by atoms with Crippen molar-refractivity contribution in [2.75, 3.05) is 0 Å². The van der Waals surface area contributed by atoms with Crippen molar-refractivity contribution in [1.82, 2.24) is 14.8 Å². The first-order valence-electron chi connectivity index (χ1n) is 5.90. The molecule has 4 nitrogen and oxygen atoms in total. The minimum Gasteiger partial charge on any atom is -0.292 e. The van der Waals surface area contributed by atoms with Crippen LogP contribution in [0.25, 0.3) is 0 Å². The van der Waals surface area contributed by atoms with E-state index < -0.39 is 0 Å². The lowest BCUT2D eigenvalue weighted by Crippen LogP contribution is -2.12. The highest BCUT2D eigenvalue weighted by molar-refractivity contribution is 9.10. The van der Waals surface area contributed by atoms with Crippen molar-refractivity contribution in [2.45, 2.75) is 26.8 Å². The molecular weight excluding hydrogens is 374 g/mol. The van der Waals surface area contributed by atoms with Gasteiger partial charge in [0.2, 0.25) is 0 Å². The van der Waals surface area contributed by atoms with Crippen LogP contribution in [0.4, 0.5) is 0 Å². The maximum absolute atomic E-state index is 12.3. The van der Waals surface area contributed by atoms with Gasteiger partial charge in [0.25, 0.3) is 0 Å². The summed E-state index contributed by atoms with van der Waals surface area (Å²) >= 11 is 6.85. The quantitative estimate of drug-likeness (QED) is 0.754. The Labute approximate surface area is 128 Å². The molecule has 100 valence electrons. The van der Waals surface area contributed by atoms with Gasteiger partial charge in [0.1, 0.15) is 5.69 Å². The Balaban J connectivity index is 2.32. The Kier molecular flexibility index (Phi) is 4.52. The Morgan fingerprint density at radius 1 is 1.42 bits per heavy atom. The van der Waals surface area contributed by atoms with E-state index in [1.54, 1.807) is 12.3 Å². The highest BCUT2D eigenvalue weighted by Crippen LogP contribution is 2.23. The monoisotopic (exact) mass is 385 g/mol. The molecule has 0 bridgehead atoms. The molecule has 0 unspecified atom stereocenters. The third-order valence-electron chi connectivity index (χ3n) is 2.80. The lowest BCUT2D eigenvalue weighted by molar-refractivity contribution is 0.0985. The summed E-state index contributed by atoms with van der Waals surface area (Å²) in [5.74, 6) is -0.0252. The van der Waals surface area contributed by atoms with Crippen LogP contribution in [0, 0.1) is 6.92 Å². The van der Waals surface area contributed by atoms with Gasteiger partial charge >= 0.3 is 0 Å². The van der Waals surface area contributed by atoms with E-state index in [2.05, 4.69) is 41.9 Å². The van der Waals surface area contributed by atoms with E-state index in [1.807, 2.05) is 24.6 Å². The van der Waals surface area contributed by atoms with Crippen molar-refractivity contribution in [2.24, 2.45) is 0 Å². The summed E-state index contributed by atoms with van der Waals surface area (Å²) < 4.78 is 3.46. The largest absolute Gasteiger partial charge is 0.292 e. The fraction of sp³-hybridized carbons (Fsp3) is 0.308. The molecule has 0 atom stereocenters. The smallest absolute Gasteiger partial charge is 0.188 e. The molecule has 19 heavy (non-hydrogen) atoms. The Hall–Kier alpha value is -1.01. The number of rotatable bonds is 4. The molecule has 6 heteroatoms. The minimum atomic E-state index is -0.0252. The van der Waals surface area contributed by atoms with Crippen molar-refractivity contribution in [3.63, 3.8) is 0 Å². The maximum Gasteiger partial charge on any atom is 0.188 e. The number of hydrogen-bond acceptors (Lipinski definition) is 3. The second-order valence-corrected chi connectivity index (χ2v) is 5.74. The first kappa shape index (κ1) is 14.4. The molecule has 0 aliphatic heterocycles. The molecule has 0 aromatic carbocycles. The topological polar surface area (TPSA) is 47.8 Å². The molecule has 0 amide bonds.